The van der Waals surface area contributed by atoms with Gasteiger partial charge in [0.15, 0.2) is 6.61 Å². The van der Waals surface area contributed by atoms with E-state index >= 15 is 0 Å². The van der Waals surface area contributed by atoms with Gasteiger partial charge in [0.1, 0.15) is 11.3 Å². The Morgan fingerprint density at radius 2 is 1.87 bits per heavy atom. The molecule has 0 saturated carbocycles. The lowest BCUT2D eigenvalue weighted by Crippen LogP contribution is -3.00. The molecule has 4 heterocycles. The fourth-order valence-electron chi connectivity index (χ4n) is 5.64. The van der Waals surface area contributed by atoms with E-state index in [9.17, 15) is 24.8 Å². The smallest absolute Gasteiger partial charge is 0.336 e. The van der Waals surface area contributed by atoms with Gasteiger partial charge in [0.05, 0.1) is 0 Å². The van der Waals surface area contributed by atoms with Crippen molar-refractivity contribution in [1.82, 2.24) is 9.47 Å². The lowest BCUT2D eigenvalue weighted by Gasteiger charge is -2.42. The molecule has 0 aliphatic carbocycles. The molecule has 6 rings (SSSR count). The van der Waals surface area contributed by atoms with Crippen molar-refractivity contribution in [1.29, 1.82) is 0 Å². The van der Waals surface area contributed by atoms with Gasteiger partial charge in [0, 0.05) is 54.8 Å². The summed E-state index contributed by atoms with van der Waals surface area (Å²) in [6.07, 6.45) is 0.837. The lowest BCUT2D eigenvalue weighted by molar-refractivity contribution is -0.992. The molecule has 1 unspecified atom stereocenters. The number of carbonyl (C=O) groups excluding carboxylic acids is 1. The summed E-state index contributed by atoms with van der Waals surface area (Å²) in [6.45, 7) is 1.09. The highest BCUT2D eigenvalue weighted by Crippen LogP contribution is 2.35. The van der Waals surface area contributed by atoms with E-state index in [-0.39, 0.29) is 30.0 Å². The quantitative estimate of drug-likeness (QED) is 0.307. The van der Waals surface area contributed by atoms with Gasteiger partial charge in [0.2, 0.25) is 5.69 Å². The molecule has 3 atom stereocenters. The fourth-order valence-corrected chi connectivity index (χ4v) is 5.64. The van der Waals surface area contributed by atoms with Crippen LogP contribution >= 0.6 is 0 Å². The van der Waals surface area contributed by atoms with E-state index in [1.165, 1.54) is 12.1 Å². The van der Waals surface area contributed by atoms with Crippen LogP contribution in [0, 0.1) is 11.1 Å². The van der Waals surface area contributed by atoms with Crippen LogP contribution in [0.25, 0.3) is 22.1 Å². The third kappa shape index (κ3) is 4.38. The number of carbonyl (C=O) groups is 1. The van der Waals surface area contributed by atoms with Crippen LogP contribution in [0.3, 0.4) is 0 Å². The van der Waals surface area contributed by atoms with Crippen molar-refractivity contribution in [2.75, 3.05) is 19.7 Å². The Kier molecular flexibility index (Phi) is 6.07. The maximum absolute atomic E-state index is 13.1. The van der Waals surface area contributed by atoms with E-state index in [1.54, 1.807) is 27.7 Å². The number of pyridine rings is 1. The summed E-state index contributed by atoms with van der Waals surface area (Å²) in [6, 6.07) is 19.2. The first-order valence-corrected chi connectivity index (χ1v) is 12.4. The molecule has 2 N–H and O–H groups in total. The number of amides is 1. The summed E-state index contributed by atoms with van der Waals surface area (Å²) in [5.74, 6) is 0.235. The highest BCUT2D eigenvalue weighted by molar-refractivity contribution is 5.93. The molecule has 2 aromatic carbocycles. The van der Waals surface area contributed by atoms with Crippen LogP contribution in [-0.2, 0) is 11.3 Å². The lowest BCUT2D eigenvalue weighted by atomic mass is 9.83. The summed E-state index contributed by atoms with van der Waals surface area (Å²) in [4.78, 5) is 39.6. The molecule has 0 spiro atoms. The number of fused-ring (bicyclic) bond motifs is 5. The summed E-state index contributed by atoms with van der Waals surface area (Å²) in [5.41, 5.74) is 1.58. The van der Waals surface area contributed by atoms with E-state index in [0.29, 0.717) is 31.0 Å². The number of ether oxygens (including phenoxy) is 1. The van der Waals surface area contributed by atoms with E-state index in [0.717, 1.165) is 28.6 Å². The van der Waals surface area contributed by atoms with Crippen molar-refractivity contribution < 1.29 is 24.4 Å². The Labute approximate surface area is 216 Å². The Hall–Kier alpha value is -4.25. The van der Waals surface area contributed by atoms with Crippen LogP contribution in [0.15, 0.2) is 80.7 Å². The van der Waals surface area contributed by atoms with E-state index in [4.69, 9.17) is 9.15 Å². The van der Waals surface area contributed by atoms with Crippen molar-refractivity contribution in [3.8, 4) is 16.9 Å². The molecule has 2 aliphatic rings. The van der Waals surface area contributed by atoms with Gasteiger partial charge < -0.3 is 23.8 Å². The molecule has 2 bridgehead atoms. The van der Waals surface area contributed by atoms with Crippen LogP contribution < -0.4 is 21.1 Å². The van der Waals surface area contributed by atoms with E-state index in [1.807, 2.05) is 36.4 Å². The van der Waals surface area contributed by atoms with Gasteiger partial charge in [-0.1, -0.05) is 30.3 Å². The van der Waals surface area contributed by atoms with Crippen LogP contribution in [0.4, 0.5) is 5.69 Å². The number of quaternary nitrogens is 1. The Morgan fingerprint density at radius 1 is 1.05 bits per heavy atom. The summed E-state index contributed by atoms with van der Waals surface area (Å²) < 4.78 is 12.8. The maximum atomic E-state index is 13.1. The molecule has 2 aromatic heterocycles. The number of nitrogens with zero attached hydrogens (tertiary/aromatic N) is 2. The zero-order valence-corrected chi connectivity index (χ0v) is 20.3. The van der Waals surface area contributed by atoms with Crippen molar-refractivity contribution >= 4 is 22.6 Å². The van der Waals surface area contributed by atoms with Crippen molar-refractivity contribution in [2.24, 2.45) is 5.92 Å². The first kappa shape index (κ1) is 24.1. The molecule has 10 nitrogen and oxygen atoms in total. The number of aromatic nitrogens is 1. The van der Waals surface area contributed by atoms with Gasteiger partial charge in [-0.05, 0) is 41.7 Å². The molecular weight excluding hydrogens is 490 g/mol. The second kappa shape index (κ2) is 9.56. The number of rotatable bonds is 5. The minimum atomic E-state index is -1.24. The first-order chi connectivity index (χ1) is 18.4. The average Bonchev–Trinajstić information content (AvgIpc) is 2.91. The van der Waals surface area contributed by atoms with Gasteiger partial charge in [-0.25, -0.2) is 10.0 Å². The third-order valence-corrected chi connectivity index (χ3v) is 7.35. The largest absolute Gasteiger partial charge is 0.595 e. The Balaban J connectivity index is 1.17. The van der Waals surface area contributed by atoms with Gasteiger partial charge in [-0.3, -0.25) is 9.59 Å². The second-order valence-corrected chi connectivity index (χ2v) is 9.78. The summed E-state index contributed by atoms with van der Waals surface area (Å²) in [5, 5.41) is 20.2. The number of likely N-dealkylation sites (tertiary alicyclic amines) is 1. The second-order valence-electron chi connectivity index (χ2n) is 9.78. The Morgan fingerprint density at radius 3 is 2.66 bits per heavy atom. The highest BCUT2D eigenvalue weighted by Gasteiger charge is 2.37. The number of piperidine rings is 1. The molecule has 1 fully saturated rings. The molecule has 4 aromatic rings. The van der Waals surface area contributed by atoms with E-state index < -0.39 is 16.4 Å². The first-order valence-electron chi connectivity index (χ1n) is 12.4. The van der Waals surface area contributed by atoms with Crippen LogP contribution in [0.1, 0.15) is 18.0 Å². The minimum Gasteiger partial charge on any atom is -0.595 e. The standard InChI is InChI=1S/C28H25N3O7/c32-26(29-13-17-10-19(15-29)23-8-9-24(31(35)36)28(34)30(23)14-17)16-37-20-6-7-21-22(18-4-2-1-3-5-18)12-27(33)38-25(21)11-20/h1-9,11-12,17,19,31,35H,10,13-16H2/t17-,19-/m0/s1. The SMILES string of the molecule is O=C(COc1ccc2c(-c3ccccc3)cc(=O)oc2c1)N1C[C@@H]2C[C@@H](C1)c1ccc([NH+]([O-])O)c(=O)n1C2. The van der Waals surface area contributed by atoms with Gasteiger partial charge in [0.25, 0.3) is 5.91 Å². The predicted molar refractivity (Wildman–Crippen MR) is 137 cm³/mol. The highest BCUT2D eigenvalue weighted by atomic mass is 16.8. The molecule has 1 saturated heterocycles. The Bertz CT molecular complexity index is 1640. The minimum absolute atomic E-state index is 0.0478. The average molecular weight is 516 g/mol. The molecular formula is C28H25N3O7. The topological polar surface area (TPSA) is 129 Å². The number of hydrogen-bond acceptors (Lipinski definition) is 7. The molecule has 194 valence electrons. The van der Waals surface area contributed by atoms with Gasteiger partial charge in [-0.2, -0.15) is 5.23 Å². The number of hydrogen-bond donors (Lipinski definition) is 2. The molecule has 2 aliphatic heterocycles. The summed E-state index contributed by atoms with van der Waals surface area (Å²) >= 11 is 0. The molecule has 0 radical (unpaired) electrons. The number of benzene rings is 2. The zero-order valence-electron chi connectivity index (χ0n) is 20.3. The van der Waals surface area contributed by atoms with Crippen LogP contribution in [-0.4, -0.2) is 40.3 Å². The van der Waals surface area contributed by atoms with Crippen LogP contribution in [0.5, 0.6) is 5.75 Å². The number of nitrogens with one attached hydrogen (secondary N) is 1. The van der Waals surface area contributed by atoms with Crippen LogP contribution in [0.2, 0.25) is 0 Å². The fraction of sp³-hybridized carbons (Fsp3) is 0.250. The van der Waals surface area contributed by atoms with Crippen molar-refractivity contribution in [3.63, 3.8) is 0 Å². The van der Waals surface area contributed by atoms with Gasteiger partial charge in [-0.15, -0.1) is 0 Å². The molecule has 38 heavy (non-hydrogen) atoms. The van der Waals surface area contributed by atoms with E-state index in [2.05, 4.69) is 0 Å². The maximum Gasteiger partial charge on any atom is 0.336 e. The van der Waals surface area contributed by atoms with Crippen molar-refractivity contribution in [3.05, 3.63) is 98.4 Å². The monoisotopic (exact) mass is 515 g/mol. The zero-order chi connectivity index (χ0) is 26.4. The summed E-state index contributed by atoms with van der Waals surface area (Å²) in [7, 11) is 0. The molecule has 1 amide bonds. The molecule has 10 heteroatoms. The third-order valence-electron chi connectivity index (χ3n) is 7.35. The normalized spacial score (nSPS) is 19.2. The predicted octanol–water partition coefficient (Wildman–Crippen LogP) is 2.05. The van der Waals surface area contributed by atoms with Crippen molar-refractivity contribution in [2.45, 2.75) is 18.9 Å². The van der Waals surface area contributed by atoms with Gasteiger partial charge >= 0.3 is 11.2 Å².